The predicted molar refractivity (Wildman–Crippen MR) is 127 cm³/mol. The molecule has 3 aromatic rings. The Balaban J connectivity index is 1.57. The van der Waals surface area contributed by atoms with Gasteiger partial charge in [-0.05, 0) is 55.3 Å². The minimum atomic E-state index is -0.504. The Labute approximate surface area is 197 Å². The first-order valence-corrected chi connectivity index (χ1v) is 11.2. The number of allylic oxidation sites excluding steroid dienone is 3. The summed E-state index contributed by atoms with van der Waals surface area (Å²) in [4.78, 5) is 31.3. The molecule has 2 N–H and O–H groups in total. The lowest BCUT2D eigenvalue weighted by atomic mass is 9.72. The van der Waals surface area contributed by atoms with Gasteiger partial charge in [-0.15, -0.1) is 0 Å². The summed E-state index contributed by atoms with van der Waals surface area (Å²) in [6.07, 6.45) is 4.21. The molecule has 1 aromatic carbocycles. The topological polar surface area (TPSA) is 93.5 Å². The van der Waals surface area contributed by atoms with E-state index in [0.29, 0.717) is 41.3 Å². The van der Waals surface area contributed by atoms with Crippen LogP contribution in [0.15, 0.2) is 94.0 Å². The van der Waals surface area contributed by atoms with Crippen LogP contribution < -0.4 is 15.4 Å². The number of ether oxygens (including phenoxy) is 1. The molecule has 1 amide bonds. The number of hydrogen-bond acceptors (Lipinski definition) is 6. The summed E-state index contributed by atoms with van der Waals surface area (Å²) in [5.74, 6) is 1.12. The molecule has 0 saturated heterocycles. The van der Waals surface area contributed by atoms with E-state index in [1.165, 1.54) is 0 Å². The standard InChI is InChI=1S/C27H25N3O4/c1-16-24(27(32)30-23-7-3-4-12-28-23)25(17-8-10-19(33-2)11-9-17)26-20(29-16)14-18(15-21(26)31)22-6-5-13-34-22/h3-13,18,25,29H,14-15H2,1-2H3,(H,28,30,32)/t18-,25+/m0/s1. The average Bonchev–Trinajstić information content (AvgIpc) is 3.39. The van der Waals surface area contributed by atoms with Crippen molar-refractivity contribution in [1.29, 1.82) is 0 Å². The van der Waals surface area contributed by atoms with Gasteiger partial charge in [-0.2, -0.15) is 0 Å². The van der Waals surface area contributed by atoms with Crippen molar-refractivity contribution in [3.05, 3.63) is 101 Å². The van der Waals surface area contributed by atoms with Crippen LogP contribution in [0.3, 0.4) is 0 Å². The minimum absolute atomic E-state index is 0.00611. The molecule has 2 atom stereocenters. The number of amides is 1. The van der Waals surface area contributed by atoms with E-state index < -0.39 is 5.92 Å². The molecule has 3 heterocycles. The molecular weight excluding hydrogens is 430 g/mol. The van der Waals surface area contributed by atoms with Gasteiger partial charge in [0.05, 0.1) is 13.4 Å². The van der Waals surface area contributed by atoms with E-state index in [4.69, 9.17) is 9.15 Å². The number of anilines is 1. The number of nitrogens with zero attached hydrogens (tertiary/aromatic N) is 1. The van der Waals surface area contributed by atoms with Crippen molar-refractivity contribution in [2.24, 2.45) is 0 Å². The Morgan fingerprint density at radius 1 is 1.12 bits per heavy atom. The molecule has 0 spiro atoms. The summed E-state index contributed by atoms with van der Waals surface area (Å²) in [5.41, 5.74) is 3.53. The summed E-state index contributed by atoms with van der Waals surface area (Å²) in [7, 11) is 1.61. The molecular formula is C27H25N3O4. The van der Waals surface area contributed by atoms with E-state index in [1.54, 1.807) is 31.7 Å². The molecule has 2 aromatic heterocycles. The predicted octanol–water partition coefficient (Wildman–Crippen LogP) is 4.68. The van der Waals surface area contributed by atoms with E-state index in [1.807, 2.05) is 49.4 Å². The van der Waals surface area contributed by atoms with Gasteiger partial charge in [0.2, 0.25) is 0 Å². The van der Waals surface area contributed by atoms with E-state index in [-0.39, 0.29) is 17.6 Å². The molecule has 2 aliphatic rings. The van der Waals surface area contributed by atoms with E-state index in [2.05, 4.69) is 15.6 Å². The number of benzene rings is 1. The molecule has 0 radical (unpaired) electrons. The van der Waals surface area contributed by atoms with Crippen LogP contribution in [-0.2, 0) is 9.59 Å². The molecule has 1 aliphatic heterocycles. The maximum atomic E-state index is 13.5. The fourth-order valence-corrected chi connectivity index (χ4v) is 4.81. The van der Waals surface area contributed by atoms with Crippen molar-refractivity contribution in [3.63, 3.8) is 0 Å². The van der Waals surface area contributed by atoms with Crippen molar-refractivity contribution < 1.29 is 18.7 Å². The summed E-state index contributed by atoms with van der Waals surface area (Å²) < 4.78 is 10.9. The second kappa shape index (κ2) is 9.02. The van der Waals surface area contributed by atoms with Crippen LogP contribution in [0.25, 0.3) is 0 Å². The van der Waals surface area contributed by atoms with Crippen LogP contribution in [0.1, 0.15) is 42.9 Å². The number of aromatic nitrogens is 1. The molecule has 0 saturated carbocycles. The largest absolute Gasteiger partial charge is 0.497 e. The molecule has 0 unspecified atom stereocenters. The number of ketones is 1. The first kappa shape index (κ1) is 21.7. The molecule has 5 rings (SSSR count). The van der Waals surface area contributed by atoms with Crippen molar-refractivity contribution in [2.75, 3.05) is 12.4 Å². The highest BCUT2D eigenvalue weighted by atomic mass is 16.5. The van der Waals surface area contributed by atoms with Crippen molar-refractivity contribution in [2.45, 2.75) is 31.6 Å². The van der Waals surface area contributed by atoms with Crippen molar-refractivity contribution >= 4 is 17.5 Å². The number of nitrogens with one attached hydrogen (secondary N) is 2. The highest BCUT2D eigenvalue weighted by Crippen LogP contribution is 2.45. The highest BCUT2D eigenvalue weighted by Gasteiger charge is 2.41. The third-order valence-electron chi connectivity index (χ3n) is 6.37. The molecule has 1 aliphatic carbocycles. The summed E-state index contributed by atoms with van der Waals surface area (Å²) in [6, 6.07) is 16.6. The van der Waals surface area contributed by atoms with E-state index in [0.717, 1.165) is 17.0 Å². The first-order valence-electron chi connectivity index (χ1n) is 11.2. The van der Waals surface area contributed by atoms with Crippen LogP contribution in [0.5, 0.6) is 5.75 Å². The quantitative estimate of drug-likeness (QED) is 0.580. The van der Waals surface area contributed by atoms with Crippen molar-refractivity contribution in [1.82, 2.24) is 10.3 Å². The van der Waals surface area contributed by atoms with Crippen LogP contribution in [0.2, 0.25) is 0 Å². The van der Waals surface area contributed by atoms with E-state index in [9.17, 15) is 9.59 Å². The summed E-state index contributed by atoms with van der Waals surface area (Å²) in [6.45, 7) is 1.87. The first-order chi connectivity index (χ1) is 16.5. The van der Waals surface area contributed by atoms with Gasteiger partial charge >= 0.3 is 0 Å². The van der Waals surface area contributed by atoms with Gasteiger partial charge in [0.15, 0.2) is 5.78 Å². The molecule has 0 fully saturated rings. The third kappa shape index (κ3) is 4.01. The lowest BCUT2D eigenvalue weighted by Gasteiger charge is -2.36. The maximum Gasteiger partial charge on any atom is 0.255 e. The summed E-state index contributed by atoms with van der Waals surface area (Å²) >= 11 is 0. The number of hydrogen-bond donors (Lipinski definition) is 2. The zero-order valence-corrected chi connectivity index (χ0v) is 19.0. The molecule has 7 heteroatoms. The highest BCUT2D eigenvalue weighted by molar-refractivity contribution is 6.09. The zero-order chi connectivity index (χ0) is 23.7. The van der Waals surface area contributed by atoms with Gasteiger partial charge < -0.3 is 19.8 Å². The Kier molecular flexibility index (Phi) is 5.76. The molecule has 7 nitrogen and oxygen atoms in total. The zero-order valence-electron chi connectivity index (χ0n) is 19.0. The van der Waals surface area contributed by atoms with Crippen LogP contribution >= 0.6 is 0 Å². The monoisotopic (exact) mass is 455 g/mol. The number of pyridine rings is 1. The second-order valence-corrected chi connectivity index (χ2v) is 8.47. The van der Waals surface area contributed by atoms with Crippen LogP contribution in [0, 0.1) is 0 Å². The lowest BCUT2D eigenvalue weighted by Crippen LogP contribution is -2.37. The number of methoxy groups -OCH3 is 1. The van der Waals surface area contributed by atoms with Gasteiger partial charge in [-0.3, -0.25) is 9.59 Å². The number of carbonyl (C=O) groups is 2. The second-order valence-electron chi connectivity index (χ2n) is 8.47. The lowest BCUT2D eigenvalue weighted by molar-refractivity contribution is -0.116. The smallest absolute Gasteiger partial charge is 0.255 e. The van der Waals surface area contributed by atoms with Gasteiger partial charge in [0, 0.05) is 47.0 Å². The fourth-order valence-electron chi connectivity index (χ4n) is 4.81. The number of carbonyl (C=O) groups excluding carboxylic acids is 2. The van der Waals surface area contributed by atoms with Crippen molar-refractivity contribution in [3.8, 4) is 5.75 Å². The number of rotatable bonds is 5. The summed E-state index contributed by atoms with van der Waals surface area (Å²) in [5, 5.41) is 6.25. The number of Topliss-reactive ketones (excluding diaryl/α,β-unsaturated/α-hetero) is 1. The Hall–Kier alpha value is -4.13. The normalized spacial score (nSPS) is 20.0. The van der Waals surface area contributed by atoms with E-state index >= 15 is 0 Å². The Morgan fingerprint density at radius 2 is 1.94 bits per heavy atom. The molecule has 172 valence electrons. The third-order valence-corrected chi connectivity index (χ3v) is 6.37. The van der Waals surface area contributed by atoms with Gasteiger partial charge in [-0.25, -0.2) is 4.98 Å². The SMILES string of the molecule is COc1ccc([C@@H]2C(C(=O)Nc3ccccn3)=C(C)NC3=C2C(=O)C[C@@H](c2ccco2)C3)cc1. The molecule has 34 heavy (non-hydrogen) atoms. The number of dihydropyridines is 1. The van der Waals surface area contributed by atoms with Crippen LogP contribution in [-0.4, -0.2) is 23.8 Å². The van der Waals surface area contributed by atoms with Gasteiger partial charge in [0.1, 0.15) is 17.3 Å². The number of furan rings is 1. The maximum absolute atomic E-state index is 13.5. The average molecular weight is 456 g/mol. The van der Waals surface area contributed by atoms with Gasteiger partial charge in [0.25, 0.3) is 5.91 Å². The Morgan fingerprint density at radius 3 is 2.62 bits per heavy atom. The fraction of sp³-hybridized carbons (Fsp3) is 0.222. The van der Waals surface area contributed by atoms with Crippen LogP contribution in [0.4, 0.5) is 5.82 Å². The molecule has 0 bridgehead atoms. The van der Waals surface area contributed by atoms with Gasteiger partial charge in [-0.1, -0.05) is 18.2 Å². The Bertz CT molecular complexity index is 1280. The minimum Gasteiger partial charge on any atom is -0.497 e.